The van der Waals surface area contributed by atoms with Crippen molar-refractivity contribution < 1.29 is 5.11 Å². The molecule has 64 valence electrons. The van der Waals surface area contributed by atoms with Gasteiger partial charge < -0.3 is 10.4 Å². The lowest BCUT2D eigenvalue weighted by atomic mass is 9.93. The Morgan fingerprint density at radius 1 is 1.45 bits per heavy atom. The van der Waals surface area contributed by atoms with Crippen molar-refractivity contribution >= 4 is 0 Å². The van der Waals surface area contributed by atoms with Gasteiger partial charge in [0.1, 0.15) is 0 Å². The van der Waals surface area contributed by atoms with Gasteiger partial charge in [0.05, 0.1) is 6.61 Å². The molecule has 2 atom stereocenters. The molecule has 2 aliphatic rings. The van der Waals surface area contributed by atoms with Crippen molar-refractivity contribution in [3.05, 3.63) is 0 Å². The molecule has 2 fully saturated rings. The van der Waals surface area contributed by atoms with E-state index in [2.05, 4.69) is 12.2 Å². The summed E-state index contributed by atoms with van der Waals surface area (Å²) in [6, 6.07) is 0. The average Bonchev–Trinajstić information content (AvgIpc) is 2.77. The SMILES string of the molecule is CC1(CO)CC(C2CC2)CN1. The Balaban J connectivity index is 1.91. The zero-order valence-electron chi connectivity index (χ0n) is 7.14. The van der Waals surface area contributed by atoms with E-state index in [1.165, 1.54) is 19.3 Å². The van der Waals surface area contributed by atoms with Crippen LogP contribution in [0.15, 0.2) is 0 Å². The van der Waals surface area contributed by atoms with Crippen LogP contribution >= 0.6 is 0 Å². The van der Waals surface area contributed by atoms with E-state index >= 15 is 0 Å². The Kier molecular flexibility index (Phi) is 1.69. The summed E-state index contributed by atoms with van der Waals surface area (Å²) in [6.07, 6.45) is 4.02. The molecule has 1 saturated heterocycles. The smallest absolute Gasteiger partial charge is 0.0610 e. The molecule has 0 spiro atoms. The molecule has 0 bridgehead atoms. The summed E-state index contributed by atoms with van der Waals surface area (Å²) in [6.45, 7) is 3.54. The van der Waals surface area contributed by atoms with Gasteiger partial charge in [-0.05, 0) is 44.6 Å². The van der Waals surface area contributed by atoms with Crippen LogP contribution in [0.25, 0.3) is 0 Å². The number of nitrogens with one attached hydrogen (secondary N) is 1. The monoisotopic (exact) mass is 155 g/mol. The van der Waals surface area contributed by atoms with E-state index in [0.717, 1.165) is 18.4 Å². The molecule has 1 aliphatic heterocycles. The molecule has 0 aromatic rings. The van der Waals surface area contributed by atoms with Crippen LogP contribution in [0.4, 0.5) is 0 Å². The Morgan fingerprint density at radius 3 is 2.64 bits per heavy atom. The van der Waals surface area contributed by atoms with Crippen molar-refractivity contribution in [3.63, 3.8) is 0 Å². The van der Waals surface area contributed by atoms with Crippen LogP contribution in [0.2, 0.25) is 0 Å². The topological polar surface area (TPSA) is 32.3 Å². The molecule has 1 saturated carbocycles. The zero-order chi connectivity index (χ0) is 7.90. The molecule has 0 amide bonds. The first-order chi connectivity index (χ1) is 5.23. The maximum atomic E-state index is 9.08. The Labute approximate surface area is 68.0 Å². The fourth-order valence-corrected chi connectivity index (χ4v) is 2.12. The quantitative estimate of drug-likeness (QED) is 0.617. The van der Waals surface area contributed by atoms with Crippen LogP contribution in [0.3, 0.4) is 0 Å². The number of hydrogen-bond acceptors (Lipinski definition) is 2. The van der Waals surface area contributed by atoms with Crippen molar-refractivity contribution in [2.45, 2.75) is 31.7 Å². The molecule has 0 radical (unpaired) electrons. The lowest BCUT2D eigenvalue weighted by molar-refractivity contribution is 0.188. The Morgan fingerprint density at radius 2 is 2.18 bits per heavy atom. The highest BCUT2D eigenvalue weighted by atomic mass is 16.3. The molecule has 2 heteroatoms. The predicted molar refractivity (Wildman–Crippen MR) is 44.3 cm³/mol. The van der Waals surface area contributed by atoms with Gasteiger partial charge in [-0.15, -0.1) is 0 Å². The van der Waals surface area contributed by atoms with Crippen LogP contribution in [0, 0.1) is 11.8 Å². The van der Waals surface area contributed by atoms with E-state index in [9.17, 15) is 0 Å². The van der Waals surface area contributed by atoms with Gasteiger partial charge in [0.2, 0.25) is 0 Å². The van der Waals surface area contributed by atoms with Crippen molar-refractivity contribution in [2.75, 3.05) is 13.2 Å². The number of hydrogen-bond donors (Lipinski definition) is 2. The summed E-state index contributed by atoms with van der Waals surface area (Å²) < 4.78 is 0. The van der Waals surface area contributed by atoms with Gasteiger partial charge in [0, 0.05) is 5.54 Å². The summed E-state index contributed by atoms with van der Waals surface area (Å²) in [7, 11) is 0. The van der Waals surface area contributed by atoms with Crippen molar-refractivity contribution in [3.8, 4) is 0 Å². The Bertz CT molecular complexity index is 156. The van der Waals surface area contributed by atoms with Crippen LogP contribution < -0.4 is 5.32 Å². The van der Waals surface area contributed by atoms with Crippen LogP contribution in [-0.2, 0) is 0 Å². The van der Waals surface area contributed by atoms with Gasteiger partial charge in [-0.2, -0.15) is 0 Å². The minimum Gasteiger partial charge on any atom is -0.394 e. The van der Waals surface area contributed by atoms with Crippen LogP contribution in [0.1, 0.15) is 26.2 Å². The lowest BCUT2D eigenvalue weighted by Gasteiger charge is -2.20. The van der Waals surface area contributed by atoms with E-state index < -0.39 is 0 Å². The summed E-state index contributed by atoms with van der Waals surface area (Å²) >= 11 is 0. The normalized spacial score (nSPS) is 44.7. The third-order valence-electron chi connectivity index (χ3n) is 3.14. The molecular weight excluding hydrogens is 138 g/mol. The van der Waals surface area contributed by atoms with Gasteiger partial charge in [0.15, 0.2) is 0 Å². The van der Waals surface area contributed by atoms with Gasteiger partial charge in [-0.1, -0.05) is 0 Å². The second kappa shape index (κ2) is 2.46. The molecule has 1 aliphatic carbocycles. The van der Waals surface area contributed by atoms with Gasteiger partial charge in [-0.3, -0.25) is 0 Å². The molecule has 11 heavy (non-hydrogen) atoms. The van der Waals surface area contributed by atoms with E-state index in [4.69, 9.17) is 5.11 Å². The molecular formula is C9H17NO. The van der Waals surface area contributed by atoms with E-state index in [1.807, 2.05) is 0 Å². The molecule has 2 rings (SSSR count). The van der Waals surface area contributed by atoms with Crippen molar-refractivity contribution in [2.24, 2.45) is 11.8 Å². The lowest BCUT2D eigenvalue weighted by Crippen LogP contribution is -2.39. The maximum absolute atomic E-state index is 9.08. The summed E-state index contributed by atoms with van der Waals surface area (Å²) in [5.74, 6) is 1.84. The Hall–Kier alpha value is -0.0800. The highest BCUT2D eigenvalue weighted by molar-refractivity contribution is 4.97. The summed E-state index contributed by atoms with van der Waals surface area (Å²) in [5.41, 5.74) is 0.0350. The molecule has 1 heterocycles. The van der Waals surface area contributed by atoms with Crippen LogP contribution in [0.5, 0.6) is 0 Å². The van der Waals surface area contributed by atoms with Gasteiger partial charge in [0.25, 0.3) is 0 Å². The van der Waals surface area contributed by atoms with Crippen molar-refractivity contribution in [1.82, 2.24) is 5.32 Å². The van der Waals surface area contributed by atoms with E-state index in [1.54, 1.807) is 0 Å². The van der Waals surface area contributed by atoms with Crippen LogP contribution in [-0.4, -0.2) is 23.8 Å². The third kappa shape index (κ3) is 1.42. The van der Waals surface area contributed by atoms with E-state index in [-0.39, 0.29) is 12.1 Å². The maximum Gasteiger partial charge on any atom is 0.0610 e. The summed E-state index contributed by atoms with van der Waals surface area (Å²) in [5, 5.41) is 12.5. The molecule has 0 aromatic carbocycles. The third-order valence-corrected chi connectivity index (χ3v) is 3.14. The predicted octanol–water partition coefficient (Wildman–Crippen LogP) is 0.757. The fraction of sp³-hybridized carbons (Fsp3) is 1.00. The number of aliphatic hydroxyl groups is 1. The highest BCUT2D eigenvalue weighted by Crippen LogP contribution is 2.42. The highest BCUT2D eigenvalue weighted by Gasteiger charge is 2.41. The molecule has 2 nitrogen and oxygen atoms in total. The first-order valence-electron chi connectivity index (χ1n) is 4.59. The standard InChI is InChI=1S/C9H17NO/c1-9(6-11)4-8(5-10-9)7-2-3-7/h7-8,10-11H,2-6H2,1H3. The number of aliphatic hydroxyl groups excluding tert-OH is 1. The number of rotatable bonds is 2. The second-order valence-corrected chi connectivity index (χ2v) is 4.40. The largest absolute Gasteiger partial charge is 0.394 e. The fourth-order valence-electron chi connectivity index (χ4n) is 2.12. The first kappa shape index (κ1) is 7.56. The molecule has 0 aromatic heterocycles. The molecule has 2 unspecified atom stereocenters. The zero-order valence-corrected chi connectivity index (χ0v) is 7.14. The minimum absolute atomic E-state index is 0.0350. The average molecular weight is 155 g/mol. The van der Waals surface area contributed by atoms with Gasteiger partial charge >= 0.3 is 0 Å². The summed E-state index contributed by atoms with van der Waals surface area (Å²) in [4.78, 5) is 0. The minimum atomic E-state index is 0.0350. The second-order valence-electron chi connectivity index (χ2n) is 4.40. The molecule has 2 N–H and O–H groups in total. The van der Waals surface area contributed by atoms with E-state index in [0.29, 0.717) is 0 Å². The van der Waals surface area contributed by atoms with Gasteiger partial charge in [-0.25, -0.2) is 0 Å². The van der Waals surface area contributed by atoms with Crippen molar-refractivity contribution in [1.29, 1.82) is 0 Å². The first-order valence-corrected chi connectivity index (χ1v) is 4.59.